The molecule has 2 atom stereocenters. The summed E-state index contributed by atoms with van der Waals surface area (Å²) in [6.45, 7) is 5.05. The molecule has 1 saturated heterocycles. The van der Waals surface area contributed by atoms with Gasteiger partial charge in [0.25, 0.3) is 0 Å². The average molecular weight is 237 g/mol. The topological polar surface area (TPSA) is 35.2 Å². The zero-order chi connectivity index (χ0) is 11.5. The highest BCUT2D eigenvalue weighted by Crippen LogP contribution is 2.24. The highest BCUT2D eigenvalue weighted by Gasteiger charge is 2.23. The number of hydrogen-bond donors (Lipinski definition) is 1. The third-order valence-corrected chi connectivity index (χ3v) is 3.89. The molecule has 16 heavy (non-hydrogen) atoms. The van der Waals surface area contributed by atoms with Gasteiger partial charge in [0.1, 0.15) is 0 Å². The molecule has 0 aromatic heterocycles. The molecule has 3 heteroatoms. The molecule has 1 aliphatic rings. The van der Waals surface area contributed by atoms with E-state index in [0.29, 0.717) is 0 Å². The smallest absolute Gasteiger partial charge is 0.0858 e. The summed E-state index contributed by atoms with van der Waals surface area (Å²) in [4.78, 5) is 0. The first-order valence-electron chi connectivity index (χ1n) is 5.70. The van der Waals surface area contributed by atoms with Crippen LogP contribution in [0, 0.1) is 13.8 Å². The lowest BCUT2D eigenvalue weighted by molar-refractivity contribution is 0.0569. The maximum absolute atomic E-state index is 6.27. The fourth-order valence-corrected chi connectivity index (χ4v) is 3.05. The second-order valence-electron chi connectivity index (χ2n) is 4.43. The maximum Gasteiger partial charge on any atom is 0.0858 e. The summed E-state index contributed by atoms with van der Waals surface area (Å²) in [6, 6.07) is 6.51. The molecule has 0 radical (unpaired) electrons. The van der Waals surface area contributed by atoms with Crippen LogP contribution in [0.4, 0.5) is 0 Å². The third kappa shape index (κ3) is 2.78. The van der Waals surface area contributed by atoms with Crippen molar-refractivity contribution < 1.29 is 4.74 Å². The molecule has 0 bridgehead atoms. The van der Waals surface area contributed by atoms with Crippen LogP contribution in [0.2, 0.25) is 0 Å². The number of nitrogens with two attached hydrogens (primary N) is 1. The van der Waals surface area contributed by atoms with Gasteiger partial charge in [-0.05, 0) is 19.4 Å². The van der Waals surface area contributed by atoms with Gasteiger partial charge in [0, 0.05) is 11.5 Å². The molecule has 88 valence electrons. The zero-order valence-electron chi connectivity index (χ0n) is 9.90. The van der Waals surface area contributed by atoms with E-state index in [1.165, 1.54) is 16.7 Å². The molecule has 0 aliphatic carbocycles. The van der Waals surface area contributed by atoms with E-state index in [1.54, 1.807) is 0 Å². The van der Waals surface area contributed by atoms with E-state index in [9.17, 15) is 0 Å². The Morgan fingerprint density at radius 1 is 1.31 bits per heavy atom. The van der Waals surface area contributed by atoms with Gasteiger partial charge in [-0.2, -0.15) is 11.8 Å². The molecule has 1 aromatic rings. The van der Waals surface area contributed by atoms with E-state index in [2.05, 4.69) is 32.0 Å². The Kier molecular flexibility index (Phi) is 3.90. The fraction of sp³-hybridized carbons (Fsp3) is 0.538. The summed E-state index contributed by atoms with van der Waals surface area (Å²) < 4.78 is 5.73. The van der Waals surface area contributed by atoms with Crippen molar-refractivity contribution in [2.75, 3.05) is 18.1 Å². The van der Waals surface area contributed by atoms with Gasteiger partial charge in [-0.1, -0.05) is 29.3 Å². The molecule has 2 unspecified atom stereocenters. The summed E-state index contributed by atoms with van der Waals surface area (Å²) >= 11 is 1.93. The molecule has 2 N–H and O–H groups in total. The molecule has 0 amide bonds. The second-order valence-corrected chi connectivity index (χ2v) is 5.58. The Morgan fingerprint density at radius 2 is 2.00 bits per heavy atom. The Hall–Kier alpha value is -0.510. The standard InChI is InChI=1S/C13H19NOS/c1-9-5-10(2)7-11(6-9)13(14)12-8-16-4-3-15-12/h5-7,12-13H,3-4,8,14H2,1-2H3. The summed E-state index contributed by atoms with van der Waals surface area (Å²) in [5.41, 5.74) is 10.0. The van der Waals surface area contributed by atoms with E-state index in [-0.39, 0.29) is 12.1 Å². The van der Waals surface area contributed by atoms with Crippen molar-refractivity contribution in [3.8, 4) is 0 Å². The van der Waals surface area contributed by atoms with E-state index in [0.717, 1.165) is 18.1 Å². The van der Waals surface area contributed by atoms with Gasteiger partial charge in [0.2, 0.25) is 0 Å². The number of ether oxygens (including phenoxy) is 1. The number of aryl methyl sites for hydroxylation is 2. The Labute approximate surface area is 102 Å². The molecule has 0 saturated carbocycles. The molecular formula is C13H19NOS. The molecule has 1 aliphatic heterocycles. The monoisotopic (exact) mass is 237 g/mol. The summed E-state index contributed by atoms with van der Waals surface area (Å²) in [6.07, 6.45) is 0.167. The molecule has 1 aromatic carbocycles. The van der Waals surface area contributed by atoms with E-state index >= 15 is 0 Å². The van der Waals surface area contributed by atoms with Gasteiger partial charge in [0.05, 0.1) is 18.8 Å². The van der Waals surface area contributed by atoms with Crippen LogP contribution in [0.3, 0.4) is 0 Å². The van der Waals surface area contributed by atoms with Crippen LogP contribution in [0.1, 0.15) is 22.7 Å². The van der Waals surface area contributed by atoms with E-state index in [4.69, 9.17) is 10.5 Å². The molecular weight excluding hydrogens is 218 g/mol. The van der Waals surface area contributed by atoms with Crippen LogP contribution in [-0.4, -0.2) is 24.2 Å². The minimum atomic E-state index is 0.00593. The SMILES string of the molecule is Cc1cc(C)cc(C(N)C2CSCCO2)c1. The molecule has 2 nitrogen and oxygen atoms in total. The first kappa shape index (κ1) is 12.0. The number of rotatable bonds is 2. The largest absolute Gasteiger partial charge is 0.375 e. The molecule has 0 spiro atoms. The van der Waals surface area contributed by atoms with Gasteiger partial charge in [-0.3, -0.25) is 0 Å². The van der Waals surface area contributed by atoms with Crippen LogP contribution in [0.15, 0.2) is 18.2 Å². The van der Waals surface area contributed by atoms with Crippen LogP contribution in [-0.2, 0) is 4.74 Å². The first-order chi connectivity index (χ1) is 7.66. The van der Waals surface area contributed by atoms with Crippen molar-refractivity contribution in [3.05, 3.63) is 34.9 Å². The first-order valence-corrected chi connectivity index (χ1v) is 6.85. The van der Waals surface area contributed by atoms with E-state index in [1.807, 2.05) is 11.8 Å². The van der Waals surface area contributed by atoms with Crippen LogP contribution < -0.4 is 5.73 Å². The second kappa shape index (κ2) is 5.21. The van der Waals surface area contributed by atoms with Crippen molar-refractivity contribution in [3.63, 3.8) is 0 Å². The van der Waals surface area contributed by atoms with Gasteiger partial charge >= 0.3 is 0 Å². The van der Waals surface area contributed by atoms with Gasteiger partial charge in [-0.25, -0.2) is 0 Å². The van der Waals surface area contributed by atoms with Crippen molar-refractivity contribution >= 4 is 11.8 Å². The molecule has 1 fully saturated rings. The van der Waals surface area contributed by atoms with Crippen molar-refractivity contribution in [1.82, 2.24) is 0 Å². The van der Waals surface area contributed by atoms with Crippen LogP contribution in [0.5, 0.6) is 0 Å². The average Bonchev–Trinajstić information content (AvgIpc) is 2.28. The third-order valence-electron chi connectivity index (χ3n) is 2.87. The van der Waals surface area contributed by atoms with Crippen molar-refractivity contribution in [2.45, 2.75) is 26.0 Å². The maximum atomic E-state index is 6.27. The summed E-state index contributed by atoms with van der Waals surface area (Å²) in [5, 5.41) is 0. The highest BCUT2D eigenvalue weighted by molar-refractivity contribution is 7.99. The van der Waals surface area contributed by atoms with E-state index < -0.39 is 0 Å². The van der Waals surface area contributed by atoms with Gasteiger partial charge in [0.15, 0.2) is 0 Å². The predicted octanol–water partition coefficient (Wildman–Crippen LogP) is 2.44. The van der Waals surface area contributed by atoms with Crippen LogP contribution >= 0.6 is 11.8 Å². The highest BCUT2D eigenvalue weighted by atomic mass is 32.2. The lowest BCUT2D eigenvalue weighted by Gasteiger charge is -2.28. The minimum absolute atomic E-state index is 0.00593. The van der Waals surface area contributed by atoms with Gasteiger partial charge in [-0.15, -0.1) is 0 Å². The predicted molar refractivity (Wildman–Crippen MR) is 69.9 cm³/mol. The summed E-state index contributed by atoms with van der Waals surface area (Å²) in [5.74, 6) is 2.10. The molecule has 2 rings (SSSR count). The number of thioether (sulfide) groups is 1. The minimum Gasteiger partial charge on any atom is -0.375 e. The van der Waals surface area contributed by atoms with Crippen molar-refractivity contribution in [2.24, 2.45) is 5.73 Å². The Morgan fingerprint density at radius 3 is 2.56 bits per heavy atom. The van der Waals surface area contributed by atoms with Crippen molar-refractivity contribution in [1.29, 1.82) is 0 Å². The van der Waals surface area contributed by atoms with Gasteiger partial charge < -0.3 is 10.5 Å². The lowest BCUT2D eigenvalue weighted by Crippen LogP contribution is -2.34. The Bertz CT molecular complexity index is 341. The number of benzene rings is 1. The summed E-state index contributed by atoms with van der Waals surface area (Å²) in [7, 11) is 0. The number of hydrogen-bond acceptors (Lipinski definition) is 3. The lowest BCUT2D eigenvalue weighted by atomic mass is 9.99. The fourth-order valence-electron chi connectivity index (χ4n) is 2.13. The van der Waals surface area contributed by atoms with Crippen LogP contribution in [0.25, 0.3) is 0 Å². The Balaban J connectivity index is 2.15. The molecule has 1 heterocycles. The zero-order valence-corrected chi connectivity index (χ0v) is 10.7. The normalized spacial score (nSPS) is 23.1. The quantitative estimate of drug-likeness (QED) is 0.858.